The third kappa shape index (κ3) is 2.09. The molecule has 3 fully saturated rings. The minimum Gasteiger partial charge on any atom is -0.481 e. The molecule has 1 saturated heterocycles. The molecule has 0 aromatic rings. The molecule has 2 saturated carbocycles. The number of aliphatic carboxylic acids is 1. The van der Waals surface area contributed by atoms with Gasteiger partial charge in [-0.2, -0.15) is 0 Å². The van der Waals surface area contributed by atoms with Crippen LogP contribution in [0.25, 0.3) is 0 Å². The predicted octanol–water partition coefficient (Wildman–Crippen LogP) is 0.581. The topological polar surface area (TPSA) is 61.4 Å². The summed E-state index contributed by atoms with van der Waals surface area (Å²) in [7, 11) is 0. The third-order valence-corrected chi connectivity index (χ3v) is 4.15. The molecule has 4 nitrogen and oxygen atoms in total. The largest absolute Gasteiger partial charge is 0.481 e. The summed E-state index contributed by atoms with van der Waals surface area (Å²) in [5.41, 5.74) is -0.151. The SMILES string of the molecule is O=C(O)CC1(NC(C2CC2)C2CC2)CNC1. The molecule has 0 bridgehead atoms. The summed E-state index contributed by atoms with van der Waals surface area (Å²) in [6.45, 7) is 1.63. The average molecular weight is 224 g/mol. The van der Waals surface area contributed by atoms with E-state index in [0.717, 1.165) is 24.9 Å². The Morgan fingerprint density at radius 2 is 1.88 bits per heavy atom. The number of hydrogen-bond acceptors (Lipinski definition) is 3. The first-order valence-electron chi connectivity index (χ1n) is 6.39. The van der Waals surface area contributed by atoms with Gasteiger partial charge in [0.25, 0.3) is 0 Å². The monoisotopic (exact) mass is 224 g/mol. The van der Waals surface area contributed by atoms with Crippen LogP contribution in [0.3, 0.4) is 0 Å². The molecule has 0 amide bonds. The zero-order chi connectivity index (χ0) is 11.2. The number of carboxylic acids is 1. The van der Waals surface area contributed by atoms with Gasteiger partial charge in [0.2, 0.25) is 0 Å². The quantitative estimate of drug-likeness (QED) is 0.617. The Balaban J connectivity index is 1.63. The first-order chi connectivity index (χ1) is 7.69. The first kappa shape index (κ1) is 10.5. The van der Waals surface area contributed by atoms with Gasteiger partial charge in [-0.3, -0.25) is 4.79 Å². The van der Waals surface area contributed by atoms with E-state index < -0.39 is 5.97 Å². The van der Waals surface area contributed by atoms with Crippen LogP contribution in [0.1, 0.15) is 32.1 Å². The fourth-order valence-electron chi connectivity index (χ4n) is 2.88. The Labute approximate surface area is 95.8 Å². The molecule has 0 unspecified atom stereocenters. The van der Waals surface area contributed by atoms with Crippen molar-refractivity contribution in [2.45, 2.75) is 43.7 Å². The van der Waals surface area contributed by atoms with Gasteiger partial charge in [-0.1, -0.05) is 0 Å². The van der Waals surface area contributed by atoms with Crippen LogP contribution in [0, 0.1) is 11.8 Å². The van der Waals surface area contributed by atoms with Crippen LogP contribution in [-0.2, 0) is 4.79 Å². The van der Waals surface area contributed by atoms with E-state index in [0.29, 0.717) is 6.04 Å². The summed E-state index contributed by atoms with van der Waals surface area (Å²) >= 11 is 0. The second kappa shape index (κ2) is 3.70. The van der Waals surface area contributed by atoms with Crippen LogP contribution < -0.4 is 10.6 Å². The van der Waals surface area contributed by atoms with Crippen LogP contribution in [0.15, 0.2) is 0 Å². The number of carbonyl (C=O) groups is 1. The van der Waals surface area contributed by atoms with E-state index in [2.05, 4.69) is 10.6 Å². The van der Waals surface area contributed by atoms with E-state index in [9.17, 15) is 4.79 Å². The standard InChI is InChI=1S/C12H20N2O2/c15-10(16)5-12(6-13-7-12)14-11(8-1-2-8)9-3-4-9/h8-9,11,13-14H,1-7H2,(H,15,16). The van der Waals surface area contributed by atoms with Crippen LogP contribution in [0.5, 0.6) is 0 Å². The third-order valence-electron chi connectivity index (χ3n) is 4.15. The molecule has 0 aromatic heterocycles. The number of carboxylic acid groups (broad SMARTS) is 1. The smallest absolute Gasteiger partial charge is 0.305 e. The second-order valence-corrected chi connectivity index (χ2v) is 5.80. The highest BCUT2D eigenvalue weighted by Crippen LogP contribution is 2.45. The zero-order valence-corrected chi connectivity index (χ0v) is 9.54. The number of hydrogen-bond donors (Lipinski definition) is 3. The molecule has 4 heteroatoms. The Morgan fingerprint density at radius 1 is 1.31 bits per heavy atom. The molecule has 0 aromatic carbocycles. The minimum absolute atomic E-state index is 0.151. The van der Waals surface area contributed by atoms with Crippen molar-refractivity contribution in [3.05, 3.63) is 0 Å². The van der Waals surface area contributed by atoms with Crippen molar-refractivity contribution in [2.24, 2.45) is 11.8 Å². The van der Waals surface area contributed by atoms with Gasteiger partial charge in [0.15, 0.2) is 0 Å². The molecule has 0 spiro atoms. The fourth-order valence-corrected chi connectivity index (χ4v) is 2.88. The molecule has 1 heterocycles. The lowest BCUT2D eigenvalue weighted by Gasteiger charge is -2.45. The fraction of sp³-hybridized carbons (Fsp3) is 0.917. The molecule has 3 aliphatic rings. The normalized spacial score (nSPS) is 27.8. The first-order valence-corrected chi connectivity index (χ1v) is 6.39. The summed E-state index contributed by atoms with van der Waals surface area (Å²) in [6, 6.07) is 0.599. The molecule has 3 rings (SSSR count). The van der Waals surface area contributed by atoms with Crippen molar-refractivity contribution >= 4 is 5.97 Å². The minimum atomic E-state index is -0.681. The van der Waals surface area contributed by atoms with Gasteiger partial charge in [-0.25, -0.2) is 0 Å². The van der Waals surface area contributed by atoms with E-state index in [-0.39, 0.29) is 12.0 Å². The maximum atomic E-state index is 10.9. The lowest BCUT2D eigenvalue weighted by molar-refractivity contribution is -0.139. The van der Waals surface area contributed by atoms with Gasteiger partial charge in [-0.15, -0.1) is 0 Å². The molecule has 0 atom stereocenters. The number of rotatable bonds is 6. The predicted molar refractivity (Wildman–Crippen MR) is 60.2 cm³/mol. The molecule has 16 heavy (non-hydrogen) atoms. The highest BCUT2D eigenvalue weighted by Gasteiger charge is 2.48. The molecule has 1 aliphatic heterocycles. The van der Waals surface area contributed by atoms with Gasteiger partial charge < -0.3 is 15.7 Å². The lowest BCUT2D eigenvalue weighted by atomic mass is 9.86. The maximum absolute atomic E-state index is 10.9. The molecule has 0 radical (unpaired) electrons. The Hall–Kier alpha value is -0.610. The van der Waals surface area contributed by atoms with E-state index in [1.165, 1.54) is 25.7 Å². The summed E-state index contributed by atoms with van der Waals surface area (Å²) in [4.78, 5) is 10.9. The van der Waals surface area contributed by atoms with Gasteiger partial charge in [0, 0.05) is 19.1 Å². The van der Waals surface area contributed by atoms with Crippen LogP contribution in [0.4, 0.5) is 0 Å². The highest BCUT2D eigenvalue weighted by molar-refractivity contribution is 5.68. The Bertz CT molecular complexity index is 281. The van der Waals surface area contributed by atoms with Gasteiger partial charge >= 0.3 is 5.97 Å². The Morgan fingerprint density at radius 3 is 2.19 bits per heavy atom. The van der Waals surface area contributed by atoms with E-state index in [1.807, 2.05) is 0 Å². The molecule has 90 valence electrons. The summed E-state index contributed by atoms with van der Waals surface area (Å²) < 4.78 is 0. The van der Waals surface area contributed by atoms with Gasteiger partial charge in [0.1, 0.15) is 0 Å². The van der Waals surface area contributed by atoms with Crippen molar-refractivity contribution in [3.8, 4) is 0 Å². The zero-order valence-electron chi connectivity index (χ0n) is 9.54. The van der Waals surface area contributed by atoms with Crippen molar-refractivity contribution in [3.63, 3.8) is 0 Å². The molecular weight excluding hydrogens is 204 g/mol. The Kier molecular flexibility index (Phi) is 2.44. The molecule has 3 N–H and O–H groups in total. The van der Waals surface area contributed by atoms with Crippen LogP contribution in [0.2, 0.25) is 0 Å². The molecule has 2 aliphatic carbocycles. The van der Waals surface area contributed by atoms with Gasteiger partial charge in [-0.05, 0) is 37.5 Å². The highest BCUT2D eigenvalue weighted by atomic mass is 16.4. The maximum Gasteiger partial charge on any atom is 0.305 e. The van der Waals surface area contributed by atoms with Crippen molar-refractivity contribution in [2.75, 3.05) is 13.1 Å². The van der Waals surface area contributed by atoms with E-state index in [4.69, 9.17) is 5.11 Å². The van der Waals surface area contributed by atoms with E-state index >= 15 is 0 Å². The lowest BCUT2D eigenvalue weighted by Crippen LogP contribution is -2.70. The van der Waals surface area contributed by atoms with Crippen LogP contribution in [-0.4, -0.2) is 35.7 Å². The number of nitrogens with one attached hydrogen (secondary N) is 2. The van der Waals surface area contributed by atoms with Crippen molar-refractivity contribution in [1.29, 1.82) is 0 Å². The van der Waals surface area contributed by atoms with Gasteiger partial charge in [0.05, 0.1) is 12.0 Å². The van der Waals surface area contributed by atoms with Crippen molar-refractivity contribution < 1.29 is 9.90 Å². The molecular formula is C12H20N2O2. The summed E-state index contributed by atoms with van der Waals surface area (Å²) in [5.74, 6) is 0.983. The average Bonchev–Trinajstić information content (AvgIpc) is 2.98. The van der Waals surface area contributed by atoms with E-state index in [1.54, 1.807) is 0 Å². The van der Waals surface area contributed by atoms with Crippen molar-refractivity contribution in [1.82, 2.24) is 10.6 Å². The van der Waals surface area contributed by atoms with Crippen LogP contribution >= 0.6 is 0 Å². The summed E-state index contributed by atoms with van der Waals surface area (Å²) in [6.07, 6.45) is 5.61. The summed E-state index contributed by atoms with van der Waals surface area (Å²) in [5, 5.41) is 15.9. The second-order valence-electron chi connectivity index (χ2n) is 5.80.